The largest absolute Gasteiger partial charge is 0.389 e. The Balaban J connectivity index is 1.89. The number of rotatable bonds is 3. The van der Waals surface area contributed by atoms with Crippen molar-refractivity contribution >= 4 is 9.84 Å². The van der Waals surface area contributed by atoms with Crippen LogP contribution in [0.3, 0.4) is 0 Å². The smallest absolute Gasteiger partial charge is 0.179 e. The maximum Gasteiger partial charge on any atom is 0.179 e. The zero-order valence-electron chi connectivity index (χ0n) is 12.9. The minimum Gasteiger partial charge on any atom is -0.389 e. The van der Waals surface area contributed by atoms with E-state index in [9.17, 15) is 13.5 Å². The molecule has 3 atom stereocenters. The van der Waals surface area contributed by atoms with Gasteiger partial charge < -0.3 is 5.11 Å². The molecular weight excluding hydrogens is 296 g/mol. The number of hydrogen-bond acceptors (Lipinski definition) is 3. The predicted molar refractivity (Wildman–Crippen MR) is 87.3 cm³/mol. The Kier molecular flexibility index (Phi) is 4.17. The molecule has 0 amide bonds. The molecule has 0 aromatic heterocycles. The Labute approximate surface area is 133 Å². The third-order valence-electron chi connectivity index (χ3n) is 5.43. The molecule has 0 unspecified atom stereocenters. The van der Waals surface area contributed by atoms with Gasteiger partial charge in [0.25, 0.3) is 0 Å². The average Bonchev–Trinajstić information content (AvgIpc) is 2.64. The normalized spacial score (nSPS) is 32.5. The summed E-state index contributed by atoms with van der Waals surface area (Å²) in [4.78, 5) is 0.337. The Morgan fingerprint density at radius 3 is 2.64 bits per heavy atom. The van der Waals surface area contributed by atoms with Gasteiger partial charge in [0.2, 0.25) is 0 Å². The van der Waals surface area contributed by atoms with Gasteiger partial charge in [0.05, 0.1) is 16.2 Å². The molecule has 0 radical (unpaired) electrons. The van der Waals surface area contributed by atoms with Crippen LogP contribution in [-0.4, -0.2) is 24.9 Å². The fourth-order valence-electron chi connectivity index (χ4n) is 4.19. The molecule has 1 aromatic carbocycles. The Bertz CT molecular complexity index is 650. The standard InChI is InChI=1S/C18H24O3S/c1-14-12-15-8-4-3-7-11-18(15,19)17(14)13-22(20,21)16-9-5-2-6-10-16/h2,5-6,9-10,15,17,19H,1,3-4,7-8,11-13H2/t15-,17+,18-/m0/s1. The molecular formula is C18H24O3S. The van der Waals surface area contributed by atoms with Crippen LogP contribution in [0.4, 0.5) is 0 Å². The van der Waals surface area contributed by atoms with Gasteiger partial charge in [-0.05, 0) is 37.3 Å². The van der Waals surface area contributed by atoms with Crippen LogP contribution in [0.5, 0.6) is 0 Å². The van der Waals surface area contributed by atoms with E-state index in [0.717, 1.165) is 37.7 Å². The van der Waals surface area contributed by atoms with E-state index in [1.54, 1.807) is 24.3 Å². The molecule has 0 bridgehead atoms. The molecule has 0 heterocycles. The van der Waals surface area contributed by atoms with Crippen LogP contribution in [0.2, 0.25) is 0 Å². The molecule has 3 nitrogen and oxygen atoms in total. The SMILES string of the molecule is C=C1C[C@@H]2CCCCC[C@@]2(O)[C@@H]1CS(=O)(=O)c1ccccc1. The summed E-state index contributed by atoms with van der Waals surface area (Å²) in [5.41, 5.74) is 0.0315. The minimum atomic E-state index is -3.40. The van der Waals surface area contributed by atoms with Gasteiger partial charge in [-0.15, -0.1) is 0 Å². The van der Waals surface area contributed by atoms with Crippen LogP contribution in [-0.2, 0) is 9.84 Å². The highest BCUT2D eigenvalue weighted by atomic mass is 32.2. The highest BCUT2D eigenvalue weighted by Crippen LogP contribution is 2.51. The minimum absolute atomic E-state index is 0.0250. The van der Waals surface area contributed by atoms with E-state index in [0.29, 0.717) is 11.3 Å². The molecule has 120 valence electrons. The van der Waals surface area contributed by atoms with Crippen molar-refractivity contribution in [3.8, 4) is 0 Å². The highest BCUT2D eigenvalue weighted by Gasteiger charge is 2.51. The fraction of sp³-hybridized carbons (Fsp3) is 0.556. The van der Waals surface area contributed by atoms with E-state index in [-0.39, 0.29) is 17.6 Å². The van der Waals surface area contributed by atoms with E-state index >= 15 is 0 Å². The first-order chi connectivity index (χ1) is 10.4. The summed E-state index contributed by atoms with van der Waals surface area (Å²) in [6.45, 7) is 4.09. The van der Waals surface area contributed by atoms with Crippen molar-refractivity contribution in [2.24, 2.45) is 11.8 Å². The van der Waals surface area contributed by atoms with Crippen molar-refractivity contribution in [2.75, 3.05) is 5.75 Å². The van der Waals surface area contributed by atoms with Crippen molar-refractivity contribution in [3.05, 3.63) is 42.5 Å². The lowest BCUT2D eigenvalue weighted by atomic mass is 9.81. The average molecular weight is 320 g/mol. The second kappa shape index (κ2) is 5.82. The molecule has 0 spiro atoms. The third-order valence-corrected chi connectivity index (χ3v) is 7.19. The van der Waals surface area contributed by atoms with Crippen molar-refractivity contribution in [2.45, 2.75) is 49.0 Å². The second-order valence-corrected chi connectivity index (χ2v) is 8.83. The number of aliphatic hydroxyl groups is 1. The second-order valence-electron chi connectivity index (χ2n) is 6.80. The molecule has 1 N–H and O–H groups in total. The van der Waals surface area contributed by atoms with Crippen LogP contribution in [0, 0.1) is 11.8 Å². The quantitative estimate of drug-likeness (QED) is 0.869. The molecule has 4 heteroatoms. The first-order valence-corrected chi connectivity index (χ1v) is 9.76. The van der Waals surface area contributed by atoms with Crippen molar-refractivity contribution < 1.29 is 13.5 Å². The van der Waals surface area contributed by atoms with Gasteiger partial charge in [0.15, 0.2) is 9.84 Å². The van der Waals surface area contributed by atoms with Gasteiger partial charge in [0.1, 0.15) is 0 Å². The summed E-state index contributed by atoms with van der Waals surface area (Å²) < 4.78 is 25.4. The van der Waals surface area contributed by atoms with Crippen LogP contribution in [0.1, 0.15) is 38.5 Å². The lowest BCUT2D eigenvalue weighted by molar-refractivity contribution is -0.0316. The van der Waals surface area contributed by atoms with Crippen LogP contribution in [0.15, 0.2) is 47.4 Å². The van der Waals surface area contributed by atoms with Crippen LogP contribution < -0.4 is 0 Å². The van der Waals surface area contributed by atoms with E-state index in [2.05, 4.69) is 6.58 Å². The number of benzene rings is 1. The molecule has 2 fully saturated rings. The zero-order valence-corrected chi connectivity index (χ0v) is 13.7. The van der Waals surface area contributed by atoms with E-state index < -0.39 is 15.4 Å². The van der Waals surface area contributed by atoms with Crippen molar-refractivity contribution in [1.82, 2.24) is 0 Å². The molecule has 1 aromatic rings. The lowest BCUT2D eigenvalue weighted by Crippen LogP contribution is -2.42. The zero-order chi connectivity index (χ0) is 15.8. The molecule has 2 aliphatic rings. The van der Waals surface area contributed by atoms with Crippen molar-refractivity contribution in [3.63, 3.8) is 0 Å². The van der Waals surface area contributed by atoms with Gasteiger partial charge in [-0.3, -0.25) is 0 Å². The highest BCUT2D eigenvalue weighted by molar-refractivity contribution is 7.91. The summed E-state index contributed by atoms with van der Waals surface area (Å²) in [5, 5.41) is 11.2. The van der Waals surface area contributed by atoms with Gasteiger partial charge in [-0.25, -0.2) is 8.42 Å². The lowest BCUT2D eigenvalue weighted by Gasteiger charge is -2.34. The van der Waals surface area contributed by atoms with Crippen LogP contribution >= 0.6 is 0 Å². The molecule has 22 heavy (non-hydrogen) atoms. The molecule has 0 aliphatic heterocycles. The summed E-state index contributed by atoms with van der Waals surface area (Å²) in [6, 6.07) is 8.53. The first kappa shape index (κ1) is 15.8. The first-order valence-electron chi connectivity index (χ1n) is 8.11. The maximum absolute atomic E-state index is 12.7. The Hall–Kier alpha value is -1.13. The summed E-state index contributed by atoms with van der Waals surface area (Å²) in [5.74, 6) is -0.178. The van der Waals surface area contributed by atoms with Gasteiger partial charge in [-0.1, -0.05) is 49.6 Å². The summed E-state index contributed by atoms with van der Waals surface area (Å²) >= 11 is 0. The topological polar surface area (TPSA) is 54.4 Å². The number of fused-ring (bicyclic) bond motifs is 1. The van der Waals surface area contributed by atoms with Gasteiger partial charge in [-0.2, -0.15) is 0 Å². The van der Waals surface area contributed by atoms with Crippen LogP contribution in [0.25, 0.3) is 0 Å². The number of sulfone groups is 1. The van der Waals surface area contributed by atoms with E-state index in [4.69, 9.17) is 0 Å². The summed E-state index contributed by atoms with van der Waals surface area (Å²) in [6.07, 6.45) is 5.68. The molecule has 2 aliphatic carbocycles. The number of hydrogen-bond donors (Lipinski definition) is 1. The summed E-state index contributed by atoms with van der Waals surface area (Å²) in [7, 11) is -3.40. The fourth-order valence-corrected chi connectivity index (χ4v) is 5.91. The van der Waals surface area contributed by atoms with Gasteiger partial charge >= 0.3 is 0 Å². The van der Waals surface area contributed by atoms with E-state index in [1.165, 1.54) is 0 Å². The van der Waals surface area contributed by atoms with E-state index in [1.807, 2.05) is 6.07 Å². The van der Waals surface area contributed by atoms with Gasteiger partial charge in [0, 0.05) is 5.92 Å². The molecule has 3 rings (SSSR count). The predicted octanol–water partition coefficient (Wildman–Crippen LogP) is 3.35. The maximum atomic E-state index is 12.7. The molecule has 0 saturated heterocycles. The third kappa shape index (κ3) is 2.74. The monoisotopic (exact) mass is 320 g/mol. The Morgan fingerprint density at radius 2 is 1.91 bits per heavy atom. The Morgan fingerprint density at radius 1 is 1.18 bits per heavy atom. The molecule has 2 saturated carbocycles. The van der Waals surface area contributed by atoms with Crippen molar-refractivity contribution in [1.29, 1.82) is 0 Å².